The predicted octanol–water partition coefficient (Wildman–Crippen LogP) is 3.04. The number of fused-ring (bicyclic) bond motifs is 1. The second-order valence-corrected chi connectivity index (χ2v) is 4.39. The molecule has 88 valence electrons. The third-order valence-electron chi connectivity index (χ3n) is 3.23. The fraction of sp³-hybridized carbons (Fsp3) is 0.615. The molecule has 16 heavy (non-hydrogen) atoms. The zero-order chi connectivity index (χ0) is 11.4. The van der Waals surface area contributed by atoms with Crippen LogP contribution in [-0.4, -0.2) is 17.6 Å². The molecule has 0 saturated heterocycles. The Bertz CT molecular complexity index is 345. The third-order valence-corrected chi connectivity index (χ3v) is 3.23. The zero-order valence-electron chi connectivity index (χ0n) is 10.2. The first kappa shape index (κ1) is 11.2. The number of nitrogens with zero attached hydrogens (tertiary/aromatic N) is 1. The van der Waals surface area contributed by atoms with Crippen LogP contribution in [0.1, 0.15) is 38.7 Å². The Morgan fingerprint density at radius 2 is 2.19 bits per heavy atom. The van der Waals surface area contributed by atoms with Crippen molar-refractivity contribution < 1.29 is 0 Å². The van der Waals surface area contributed by atoms with E-state index >= 15 is 0 Å². The molecule has 1 aromatic rings. The quantitative estimate of drug-likeness (QED) is 0.817. The Kier molecular flexibility index (Phi) is 3.65. The van der Waals surface area contributed by atoms with Crippen molar-refractivity contribution in [2.24, 2.45) is 0 Å². The molecule has 2 rings (SSSR count). The molecule has 0 amide bonds. The van der Waals surface area contributed by atoms with Crippen LogP contribution in [0.15, 0.2) is 12.1 Å². The van der Waals surface area contributed by atoms with Crippen LogP contribution in [0.3, 0.4) is 0 Å². The van der Waals surface area contributed by atoms with Crippen LogP contribution in [0.5, 0.6) is 0 Å². The molecular formula is C13H21N3. The molecule has 0 fully saturated rings. The minimum Gasteiger partial charge on any atom is -0.370 e. The maximum Gasteiger partial charge on any atom is 0.131 e. The Morgan fingerprint density at radius 1 is 1.38 bits per heavy atom. The van der Waals surface area contributed by atoms with E-state index in [1.54, 1.807) is 0 Å². The highest BCUT2D eigenvalue weighted by Gasteiger charge is 2.11. The van der Waals surface area contributed by atoms with E-state index in [1.807, 2.05) is 0 Å². The number of hydrogen-bond donors (Lipinski definition) is 2. The van der Waals surface area contributed by atoms with Gasteiger partial charge in [0.05, 0.1) is 0 Å². The average molecular weight is 219 g/mol. The van der Waals surface area contributed by atoms with Crippen LogP contribution >= 0.6 is 0 Å². The summed E-state index contributed by atoms with van der Waals surface area (Å²) >= 11 is 0. The van der Waals surface area contributed by atoms with Gasteiger partial charge in [0.15, 0.2) is 0 Å². The number of anilines is 2. The van der Waals surface area contributed by atoms with Gasteiger partial charge in [0.25, 0.3) is 0 Å². The molecule has 0 radical (unpaired) electrons. The SMILES string of the molecule is CCC(CC)Nc1ccc2c(n1)NCCC2. The first-order chi connectivity index (χ1) is 7.83. The number of pyridine rings is 1. The molecule has 0 spiro atoms. The van der Waals surface area contributed by atoms with Crippen LogP contribution in [-0.2, 0) is 6.42 Å². The van der Waals surface area contributed by atoms with E-state index in [0.717, 1.165) is 37.4 Å². The van der Waals surface area contributed by atoms with E-state index in [0.29, 0.717) is 6.04 Å². The molecule has 0 aliphatic carbocycles. The monoisotopic (exact) mass is 219 g/mol. The lowest BCUT2D eigenvalue weighted by Gasteiger charge is -2.20. The van der Waals surface area contributed by atoms with Crippen LogP contribution in [0.25, 0.3) is 0 Å². The lowest BCUT2D eigenvalue weighted by molar-refractivity contribution is 0.668. The summed E-state index contributed by atoms with van der Waals surface area (Å²) in [4.78, 5) is 4.63. The molecule has 0 aromatic carbocycles. The molecule has 3 nitrogen and oxygen atoms in total. The minimum atomic E-state index is 0.536. The fourth-order valence-electron chi connectivity index (χ4n) is 2.11. The molecule has 2 N–H and O–H groups in total. The van der Waals surface area contributed by atoms with Gasteiger partial charge < -0.3 is 10.6 Å². The number of rotatable bonds is 4. The van der Waals surface area contributed by atoms with Gasteiger partial charge in [-0.2, -0.15) is 0 Å². The molecule has 1 aromatic heterocycles. The largest absolute Gasteiger partial charge is 0.370 e. The Hall–Kier alpha value is -1.25. The van der Waals surface area contributed by atoms with Crippen LogP contribution in [0.4, 0.5) is 11.6 Å². The smallest absolute Gasteiger partial charge is 0.131 e. The highest BCUT2D eigenvalue weighted by Crippen LogP contribution is 2.22. The molecule has 3 heteroatoms. The van der Waals surface area contributed by atoms with Crippen molar-refractivity contribution in [1.82, 2.24) is 4.98 Å². The van der Waals surface area contributed by atoms with Crippen molar-refractivity contribution in [2.45, 2.75) is 45.6 Å². The minimum absolute atomic E-state index is 0.536. The molecule has 0 bridgehead atoms. The standard InChI is InChI=1S/C13H21N3/c1-3-11(4-2)15-12-8-7-10-6-5-9-14-13(10)16-12/h7-8,11H,3-6,9H2,1-2H3,(H2,14,15,16). The van der Waals surface area contributed by atoms with Crippen LogP contribution in [0, 0.1) is 0 Å². The fourth-order valence-corrected chi connectivity index (χ4v) is 2.11. The summed E-state index contributed by atoms with van der Waals surface area (Å²) in [6.45, 7) is 5.46. The first-order valence-electron chi connectivity index (χ1n) is 6.33. The maximum atomic E-state index is 4.63. The van der Waals surface area contributed by atoms with E-state index in [-0.39, 0.29) is 0 Å². The van der Waals surface area contributed by atoms with Gasteiger partial charge in [-0.15, -0.1) is 0 Å². The van der Waals surface area contributed by atoms with Crippen molar-refractivity contribution in [3.63, 3.8) is 0 Å². The van der Waals surface area contributed by atoms with E-state index in [1.165, 1.54) is 12.0 Å². The van der Waals surface area contributed by atoms with Gasteiger partial charge in [-0.05, 0) is 37.3 Å². The van der Waals surface area contributed by atoms with Crippen molar-refractivity contribution >= 4 is 11.6 Å². The highest BCUT2D eigenvalue weighted by atomic mass is 15.1. The van der Waals surface area contributed by atoms with Gasteiger partial charge in [0.2, 0.25) is 0 Å². The van der Waals surface area contributed by atoms with Gasteiger partial charge in [0, 0.05) is 12.6 Å². The topological polar surface area (TPSA) is 37.0 Å². The normalized spacial score (nSPS) is 14.4. The van der Waals surface area contributed by atoms with Crippen LogP contribution in [0.2, 0.25) is 0 Å². The van der Waals surface area contributed by atoms with Crippen molar-refractivity contribution in [3.8, 4) is 0 Å². The molecule has 0 saturated carbocycles. The molecule has 1 aliphatic heterocycles. The Labute approximate surface area is 97.7 Å². The Morgan fingerprint density at radius 3 is 2.94 bits per heavy atom. The second kappa shape index (κ2) is 5.19. The van der Waals surface area contributed by atoms with Crippen molar-refractivity contribution in [3.05, 3.63) is 17.7 Å². The molecule has 1 aliphatic rings. The Balaban J connectivity index is 2.10. The summed E-state index contributed by atoms with van der Waals surface area (Å²) in [5.41, 5.74) is 1.35. The second-order valence-electron chi connectivity index (χ2n) is 4.39. The van der Waals surface area contributed by atoms with E-state index < -0.39 is 0 Å². The average Bonchev–Trinajstić information content (AvgIpc) is 2.35. The molecular weight excluding hydrogens is 198 g/mol. The van der Waals surface area contributed by atoms with E-state index in [2.05, 4.69) is 41.6 Å². The van der Waals surface area contributed by atoms with Gasteiger partial charge in [-0.3, -0.25) is 0 Å². The number of aromatic nitrogens is 1. The van der Waals surface area contributed by atoms with Gasteiger partial charge in [0.1, 0.15) is 11.6 Å². The number of aryl methyl sites for hydroxylation is 1. The van der Waals surface area contributed by atoms with Crippen LogP contribution < -0.4 is 10.6 Å². The number of nitrogens with one attached hydrogen (secondary N) is 2. The maximum absolute atomic E-state index is 4.63. The highest BCUT2D eigenvalue weighted by molar-refractivity contribution is 5.53. The van der Waals surface area contributed by atoms with Gasteiger partial charge in [-0.25, -0.2) is 4.98 Å². The van der Waals surface area contributed by atoms with E-state index in [4.69, 9.17) is 0 Å². The summed E-state index contributed by atoms with van der Waals surface area (Å²) in [6, 6.07) is 4.83. The number of hydrogen-bond acceptors (Lipinski definition) is 3. The molecule has 0 atom stereocenters. The summed E-state index contributed by atoms with van der Waals surface area (Å²) in [5.74, 6) is 2.07. The van der Waals surface area contributed by atoms with Crippen molar-refractivity contribution in [2.75, 3.05) is 17.2 Å². The lowest BCUT2D eigenvalue weighted by atomic mass is 10.1. The molecule has 2 heterocycles. The third kappa shape index (κ3) is 2.46. The molecule has 0 unspecified atom stereocenters. The lowest BCUT2D eigenvalue weighted by Crippen LogP contribution is -2.19. The zero-order valence-corrected chi connectivity index (χ0v) is 10.2. The van der Waals surface area contributed by atoms with Crippen molar-refractivity contribution in [1.29, 1.82) is 0 Å². The summed E-state index contributed by atoms with van der Waals surface area (Å²) in [7, 11) is 0. The summed E-state index contributed by atoms with van der Waals surface area (Å²) < 4.78 is 0. The first-order valence-corrected chi connectivity index (χ1v) is 6.33. The summed E-state index contributed by atoms with van der Waals surface area (Å²) in [6.07, 6.45) is 4.65. The van der Waals surface area contributed by atoms with Gasteiger partial charge >= 0.3 is 0 Å². The predicted molar refractivity (Wildman–Crippen MR) is 69.0 cm³/mol. The van der Waals surface area contributed by atoms with E-state index in [9.17, 15) is 0 Å². The van der Waals surface area contributed by atoms with Gasteiger partial charge in [-0.1, -0.05) is 19.9 Å². The summed E-state index contributed by atoms with van der Waals surface area (Å²) in [5, 5.41) is 6.84.